The van der Waals surface area contributed by atoms with Crippen LogP contribution in [-0.4, -0.2) is 87.5 Å². The molecule has 1 heterocycles. The number of ether oxygens (including phenoxy) is 2. The molecule has 1 aliphatic rings. The van der Waals surface area contributed by atoms with Crippen molar-refractivity contribution in [2.24, 2.45) is 0 Å². The number of allylic oxidation sites excluding steroid dienone is 23. The summed E-state index contributed by atoms with van der Waals surface area (Å²) in [7, 11) is 0. The molecule has 9 nitrogen and oxygen atoms in total. The van der Waals surface area contributed by atoms with Crippen molar-refractivity contribution < 1.29 is 39.8 Å². The quantitative estimate of drug-likeness (QED) is 0.0262. The van der Waals surface area contributed by atoms with Crippen LogP contribution in [0.3, 0.4) is 0 Å². The van der Waals surface area contributed by atoms with Gasteiger partial charge >= 0.3 is 0 Å². The second-order valence-corrected chi connectivity index (χ2v) is 17.2. The minimum atomic E-state index is -1.57. The molecule has 0 aliphatic carbocycles. The van der Waals surface area contributed by atoms with Crippen molar-refractivity contribution in [2.45, 2.75) is 204 Å². The Kier molecular flexibility index (Phi) is 42.7. The van der Waals surface area contributed by atoms with E-state index in [9.17, 15) is 30.3 Å². The summed E-state index contributed by atoms with van der Waals surface area (Å²) < 4.78 is 11.1. The Morgan fingerprint density at radius 3 is 1.34 bits per heavy atom. The summed E-state index contributed by atoms with van der Waals surface area (Å²) in [5.74, 6) is -0.206. The minimum Gasteiger partial charge on any atom is -0.394 e. The van der Waals surface area contributed by atoms with Crippen LogP contribution in [0.5, 0.6) is 0 Å². The predicted molar refractivity (Wildman–Crippen MR) is 285 cm³/mol. The van der Waals surface area contributed by atoms with Gasteiger partial charge < -0.3 is 40.3 Å². The van der Waals surface area contributed by atoms with Gasteiger partial charge in [-0.2, -0.15) is 0 Å². The van der Waals surface area contributed by atoms with Crippen LogP contribution in [-0.2, 0) is 14.3 Å². The summed E-state index contributed by atoms with van der Waals surface area (Å²) in [5, 5.41) is 53.6. The highest BCUT2D eigenvalue weighted by Crippen LogP contribution is 2.22. The zero-order valence-corrected chi connectivity index (χ0v) is 42.0. The molecular weight excluding hydrogens is 851 g/mol. The highest BCUT2D eigenvalue weighted by atomic mass is 16.7. The number of aliphatic hydroxyl groups excluding tert-OH is 5. The van der Waals surface area contributed by atoms with Crippen LogP contribution in [0.4, 0.5) is 0 Å². The van der Waals surface area contributed by atoms with Crippen LogP contribution >= 0.6 is 0 Å². The van der Waals surface area contributed by atoms with Gasteiger partial charge in [0.05, 0.1) is 25.4 Å². The third-order valence-electron chi connectivity index (χ3n) is 11.2. The van der Waals surface area contributed by atoms with Crippen molar-refractivity contribution in [3.8, 4) is 0 Å². The summed E-state index contributed by atoms with van der Waals surface area (Å²) in [6.45, 7) is 3.46. The van der Waals surface area contributed by atoms with Gasteiger partial charge in [-0.15, -0.1) is 0 Å². The average molecular weight is 944 g/mol. The highest BCUT2D eigenvalue weighted by molar-refractivity contribution is 5.76. The Labute approximate surface area is 413 Å². The summed E-state index contributed by atoms with van der Waals surface area (Å²) in [5.41, 5.74) is 0. The fourth-order valence-corrected chi connectivity index (χ4v) is 7.03. The zero-order chi connectivity index (χ0) is 49.4. The van der Waals surface area contributed by atoms with Crippen molar-refractivity contribution in [2.75, 3.05) is 13.2 Å². The Balaban J connectivity index is 2.06. The molecule has 1 rings (SSSR count). The smallest absolute Gasteiger partial charge is 0.220 e. The van der Waals surface area contributed by atoms with Crippen LogP contribution in [0, 0.1) is 0 Å². The molecule has 0 aromatic heterocycles. The molecule has 382 valence electrons. The Bertz CT molecular complexity index is 1560. The second-order valence-electron chi connectivity index (χ2n) is 17.2. The molecule has 1 aliphatic heterocycles. The molecule has 0 aromatic rings. The highest BCUT2D eigenvalue weighted by Gasteiger charge is 2.44. The fraction of sp³-hybridized carbons (Fsp3) is 0.576. The molecule has 0 bridgehead atoms. The molecule has 0 aromatic carbocycles. The maximum atomic E-state index is 12.8. The first-order chi connectivity index (χ1) is 33.3. The van der Waals surface area contributed by atoms with E-state index in [-0.39, 0.29) is 12.5 Å². The number of rotatable bonds is 41. The zero-order valence-electron chi connectivity index (χ0n) is 42.0. The van der Waals surface area contributed by atoms with Gasteiger partial charge in [0.1, 0.15) is 24.4 Å². The second kappa shape index (κ2) is 46.8. The van der Waals surface area contributed by atoms with Gasteiger partial charge in [0, 0.05) is 6.42 Å². The van der Waals surface area contributed by atoms with Gasteiger partial charge in [-0.25, -0.2) is 0 Å². The summed E-state index contributed by atoms with van der Waals surface area (Å²) in [6.07, 6.45) is 67.0. The first-order valence-electron chi connectivity index (χ1n) is 26.1. The van der Waals surface area contributed by atoms with Crippen LogP contribution in [0.2, 0.25) is 0 Å². The number of carbonyl (C=O) groups is 1. The van der Waals surface area contributed by atoms with Crippen LogP contribution in [0.25, 0.3) is 0 Å². The van der Waals surface area contributed by atoms with Crippen LogP contribution in [0.15, 0.2) is 146 Å². The molecule has 9 heteroatoms. The number of unbranched alkanes of at least 4 members (excludes halogenated alkanes) is 9. The van der Waals surface area contributed by atoms with Crippen molar-refractivity contribution in [3.05, 3.63) is 146 Å². The molecule has 7 atom stereocenters. The van der Waals surface area contributed by atoms with Crippen molar-refractivity contribution in [3.63, 3.8) is 0 Å². The third-order valence-corrected chi connectivity index (χ3v) is 11.2. The summed E-state index contributed by atoms with van der Waals surface area (Å²) >= 11 is 0. The molecule has 6 N–H and O–H groups in total. The van der Waals surface area contributed by atoms with Crippen LogP contribution < -0.4 is 5.32 Å². The van der Waals surface area contributed by atoms with E-state index >= 15 is 0 Å². The molecule has 1 fully saturated rings. The van der Waals surface area contributed by atoms with E-state index in [4.69, 9.17) is 9.47 Å². The molecule has 0 spiro atoms. The van der Waals surface area contributed by atoms with E-state index in [0.29, 0.717) is 6.42 Å². The summed E-state index contributed by atoms with van der Waals surface area (Å²) in [6, 6.07) is -0.816. The van der Waals surface area contributed by atoms with E-state index in [1.165, 1.54) is 19.3 Å². The number of hydrogen-bond acceptors (Lipinski definition) is 8. The number of aliphatic hydroxyl groups is 5. The normalized spacial score (nSPS) is 20.8. The number of amides is 1. The Morgan fingerprint density at radius 1 is 0.515 bits per heavy atom. The lowest BCUT2D eigenvalue weighted by molar-refractivity contribution is -0.302. The van der Waals surface area contributed by atoms with E-state index in [1.54, 1.807) is 6.08 Å². The molecule has 0 saturated carbocycles. The maximum Gasteiger partial charge on any atom is 0.220 e. The molecule has 7 unspecified atom stereocenters. The summed E-state index contributed by atoms with van der Waals surface area (Å²) in [4.78, 5) is 12.8. The lowest BCUT2D eigenvalue weighted by Gasteiger charge is -2.40. The lowest BCUT2D eigenvalue weighted by atomic mass is 9.99. The van der Waals surface area contributed by atoms with Gasteiger partial charge in [-0.1, -0.05) is 205 Å². The molecule has 68 heavy (non-hydrogen) atoms. The van der Waals surface area contributed by atoms with E-state index in [1.807, 2.05) is 6.08 Å². The monoisotopic (exact) mass is 944 g/mol. The van der Waals surface area contributed by atoms with Gasteiger partial charge in [0.15, 0.2) is 6.29 Å². The predicted octanol–water partition coefficient (Wildman–Crippen LogP) is 12.3. The number of carbonyl (C=O) groups excluding carboxylic acids is 1. The molecule has 1 saturated heterocycles. The fourth-order valence-electron chi connectivity index (χ4n) is 7.03. The molecule has 1 amide bonds. The van der Waals surface area contributed by atoms with Gasteiger partial charge in [0.2, 0.25) is 5.91 Å². The first-order valence-corrected chi connectivity index (χ1v) is 26.1. The van der Waals surface area contributed by atoms with Crippen LogP contribution in [0.1, 0.15) is 162 Å². The van der Waals surface area contributed by atoms with Gasteiger partial charge in [-0.05, 0) is 96.3 Å². The third kappa shape index (κ3) is 36.1. The number of hydrogen-bond donors (Lipinski definition) is 6. The Hall–Kier alpha value is -3.93. The van der Waals surface area contributed by atoms with Crippen molar-refractivity contribution in [1.29, 1.82) is 0 Å². The average Bonchev–Trinajstić information content (AvgIpc) is 3.34. The van der Waals surface area contributed by atoms with E-state index in [2.05, 4.69) is 153 Å². The Morgan fingerprint density at radius 2 is 0.912 bits per heavy atom. The van der Waals surface area contributed by atoms with Gasteiger partial charge in [-0.3, -0.25) is 4.79 Å². The van der Waals surface area contributed by atoms with E-state index in [0.717, 1.165) is 122 Å². The SMILES string of the molecule is CC/C=C\C/C=C\C/C=C\C/C=C\C/C=C\C/C=C\C/C=C\C/C=C\C/C=C\C/C=C\C/C=C\CCCCCCCCCC(=O)NC(COC1OC(CO)C(O)C(O)C1O)C(O)/C=C/CCCC. The van der Waals surface area contributed by atoms with Crippen molar-refractivity contribution >= 4 is 5.91 Å². The topological polar surface area (TPSA) is 149 Å². The maximum absolute atomic E-state index is 12.8. The molecule has 0 radical (unpaired) electrons. The van der Waals surface area contributed by atoms with E-state index < -0.39 is 49.5 Å². The first kappa shape index (κ1) is 62.1. The lowest BCUT2D eigenvalue weighted by Crippen LogP contribution is -2.60. The standard InChI is InChI=1S/C59H93NO8/c1-3-5-7-9-10-11-12-13-14-15-16-17-18-19-20-21-22-23-24-25-26-27-28-29-30-31-32-33-34-35-36-37-38-39-40-41-42-43-44-45-47-49-55(63)60-52(53(62)48-46-8-6-4-2)51-67-59-58(66)57(65)56(64)54(50-61)68-59/h5,7,10-11,13-14,16-17,19-20,22-23,25-26,28-29,31-32,34-35,37-38,46,48,52-54,56-59,61-62,64-66H,3-4,6,8-9,12,15,18,21,24,27,30,33,36,39-45,47,49-51H2,1-2H3,(H,60,63)/b7-5-,11-10-,14-13-,17-16-,20-19-,23-22-,26-25-,29-28-,32-31-,35-34-,38-37-,48-46+. The number of nitrogens with one attached hydrogen (secondary N) is 1. The minimum absolute atomic E-state index is 0.205. The largest absolute Gasteiger partial charge is 0.394 e. The molecular formula is C59H93NO8. The van der Waals surface area contributed by atoms with Crippen molar-refractivity contribution in [1.82, 2.24) is 5.32 Å². The van der Waals surface area contributed by atoms with Gasteiger partial charge in [0.25, 0.3) is 0 Å².